The van der Waals surface area contributed by atoms with Gasteiger partial charge in [-0.2, -0.15) is 5.26 Å². The number of nitrogens with zero attached hydrogens (tertiary/aromatic N) is 7. The third-order valence-electron chi connectivity index (χ3n) is 7.64. The molecular weight excluding hydrogens is 422 g/mol. The van der Waals surface area contributed by atoms with Crippen molar-refractivity contribution in [2.24, 2.45) is 5.41 Å². The van der Waals surface area contributed by atoms with Crippen molar-refractivity contribution < 1.29 is 0 Å². The molecule has 2 fully saturated rings. The maximum atomic E-state index is 9.12. The first-order valence-electron chi connectivity index (χ1n) is 11.8. The summed E-state index contributed by atoms with van der Waals surface area (Å²) >= 11 is 0. The van der Waals surface area contributed by atoms with Crippen molar-refractivity contribution in [1.29, 1.82) is 5.26 Å². The van der Waals surface area contributed by atoms with Crippen molar-refractivity contribution in [1.82, 2.24) is 24.0 Å². The van der Waals surface area contributed by atoms with Crippen molar-refractivity contribution in [3.05, 3.63) is 72.3 Å². The summed E-state index contributed by atoms with van der Waals surface area (Å²) in [6.45, 7) is 5.32. The summed E-state index contributed by atoms with van der Waals surface area (Å²) in [4.78, 5) is 14.5. The van der Waals surface area contributed by atoms with Gasteiger partial charge in [0.05, 0.1) is 29.2 Å². The summed E-state index contributed by atoms with van der Waals surface area (Å²) in [5.41, 5.74) is 6.77. The minimum absolute atomic E-state index is 0.449. The number of likely N-dealkylation sites (tertiary alicyclic amines) is 1. The molecule has 0 N–H and O–H groups in total. The zero-order valence-corrected chi connectivity index (χ0v) is 19.1. The first kappa shape index (κ1) is 19.6. The monoisotopic (exact) mass is 447 g/mol. The number of anilines is 1. The Bertz CT molecular complexity index is 1450. The fourth-order valence-electron chi connectivity index (χ4n) is 6.08. The van der Waals surface area contributed by atoms with Gasteiger partial charge in [0.15, 0.2) is 5.82 Å². The largest absolute Gasteiger partial charge is 0.356 e. The van der Waals surface area contributed by atoms with E-state index in [-0.39, 0.29) is 0 Å². The van der Waals surface area contributed by atoms with E-state index in [1.54, 1.807) is 0 Å². The number of benzene rings is 1. The maximum Gasteiger partial charge on any atom is 0.161 e. The van der Waals surface area contributed by atoms with E-state index in [1.807, 2.05) is 42.9 Å². The van der Waals surface area contributed by atoms with Crippen LogP contribution in [0.3, 0.4) is 0 Å². The average molecular weight is 448 g/mol. The third kappa shape index (κ3) is 2.92. The number of rotatable bonds is 2. The van der Waals surface area contributed by atoms with Crippen LogP contribution in [0, 0.1) is 16.7 Å². The van der Waals surface area contributed by atoms with Crippen LogP contribution in [0.2, 0.25) is 0 Å². The molecule has 4 aromatic rings. The van der Waals surface area contributed by atoms with E-state index in [2.05, 4.69) is 50.4 Å². The zero-order valence-electron chi connectivity index (χ0n) is 19.1. The summed E-state index contributed by atoms with van der Waals surface area (Å²) in [7, 11) is 2.21. The van der Waals surface area contributed by atoms with E-state index in [0.29, 0.717) is 11.0 Å². The van der Waals surface area contributed by atoms with Gasteiger partial charge in [-0.15, -0.1) is 0 Å². The van der Waals surface area contributed by atoms with Crippen LogP contribution in [0.15, 0.2) is 61.2 Å². The molecule has 0 bridgehead atoms. The fraction of sp³-hybridized carbons (Fsp3) is 0.296. The average Bonchev–Trinajstić information content (AvgIpc) is 3.56. The molecule has 0 atom stereocenters. The van der Waals surface area contributed by atoms with Gasteiger partial charge in [-0.25, -0.2) is 9.97 Å². The van der Waals surface area contributed by atoms with E-state index >= 15 is 0 Å². The lowest BCUT2D eigenvalue weighted by Gasteiger charge is -2.46. The predicted molar refractivity (Wildman–Crippen MR) is 131 cm³/mol. The molecule has 0 amide bonds. The van der Waals surface area contributed by atoms with Gasteiger partial charge in [-0.1, -0.05) is 12.1 Å². The highest BCUT2D eigenvalue weighted by molar-refractivity contribution is 5.72. The van der Waals surface area contributed by atoms with Crippen LogP contribution in [-0.2, 0) is 6.54 Å². The number of hydrogen-bond acceptors (Lipinski definition) is 5. The number of aromatic nitrogens is 4. The van der Waals surface area contributed by atoms with Crippen LogP contribution in [0.1, 0.15) is 17.5 Å². The molecule has 1 aromatic carbocycles. The predicted octanol–water partition coefficient (Wildman–Crippen LogP) is 3.78. The second-order valence-corrected chi connectivity index (χ2v) is 10.1. The van der Waals surface area contributed by atoms with E-state index < -0.39 is 0 Å². The topological polar surface area (TPSA) is 65.9 Å². The Morgan fingerprint density at radius 1 is 1.03 bits per heavy atom. The van der Waals surface area contributed by atoms with Crippen LogP contribution in [-0.4, -0.2) is 57.2 Å². The van der Waals surface area contributed by atoms with Gasteiger partial charge in [-0.3, -0.25) is 4.57 Å². The maximum absolute atomic E-state index is 9.12. The van der Waals surface area contributed by atoms with Crippen LogP contribution >= 0.6 is 0 Å². The SMILES string of the molecule is CN1CC2(CCN(c3cc4c(cn3)-n3ccnc3-c3cc(-c5ccc(C#N)cc5)cn3C4)C2)C1. The molecule has 6 heterocycles. The van der Waals surface area contributed by atoms with E-state index in [1.165, 1.54) is 25.1 Å². The summed E-state index contributed by atoms with van der Waals surface area (Å²) < 4.78 is 4.44. The van der Waals surface area contributed by atoms with E-state index in [4.69, 9.17) is 15.2 Å². The number of hydrogen-bond donors (Lipinski definition) is 0. The molecule has 0 aliphatic carbocycles. The Kier molecular flexibility index (Phi) is 4.06. The normalized spacial score (nSPS) is 18.1. The molecular formula is C27H25N7. The molecule has 1 spiro atoms. The lowest BCUT2D eigenvalue weighted by Crippen LogP contribution is -2.55. The van der Waals surface area contributed by atoms with Gasteiger partial charge in [0.25, 0.3) is 0 Å². The first-order chi connectivity index (χ1) is 16.6. The van der Waals surface area contributed by atoms with Crippen LogP contribution in [0.5, 0.6) is 0 Å². The molecule has 0 radical (unpaired) electrons. The highest BCUT2D eigenvalue weighted by atomic mass is 15.3. The van der Waals surface area contributed by atoms with Gasteiger partial charge >= 0.3 is 0 Å². The van der Waals surface area contributed by atoms with Gasteiger partial charge < -0.3 is 14.4 Å². The Morgan fingerprint density at radius 2 is 1.88 bits per heavy atom. The van der Waals surface area contributed by atoms with Crippen LogP contribution < -0.4 is 4.90 Å². The molecule has 34 heavy (non-hydrogen) atoms. The first-order valence-corrected chi connectivity index (χ1v) is 11.8. The van der Waals surface area contributed by atoms with E-state index in [0.717, 1.165) is 53.8 Å². The van der Waals surface area contributed by atoms with Crippen molar-refractivity contribution >= 4 is 5.82 Å². The van der Waals surface area contributed by atoms with Gasteiger partial charge in [-0.05, 0) is 43.3 Å². The molecule has 7 rings (SSSR count). The van der Waals surface area contributed by atoms with Crippen molar-refractivity contribution in [2.45, 2.75) is 13.0 Å². The van der Waals surface area contributed by atoms with Crippen molar-refractivity contribution in [2.75, 3.05) is 38.1 Å². The molecule has 168 valence electrons. The van der Waals surface area contributed by atoms with E-state index in [9.17, 15) is 0 Å². The zero-order chi connectivity index (χ0) is 22.9. The molecule has 3 aromatic heterocycles. The molecule has 0 unspecified atom stereocenters. The highest BCUT2D eigenvalue weighted by Crippen LogP contribution is 2.41. The second-order valence-electron chi connectivity index (χ2n) is 10.1. The van der Waals surface area contributed by atoms with Gasteiger partial charge in [0, 0.05) is 67.9 Å². The Morgan fingerprint density at radius 3 is 2.68 bits per heavy atom. The number of fused-ring (bicyclic) bond motifs is 5. The quantitative estimate of drug-likeness (QED) is 0.412. The van der Waals surface area contributed by atoms with Crippen LogP contribution in [0.25, 0.3) is 28.3 Å². The molecule has 0 saturated carbocycles. The van der Waals surface area contributed by atoms with Gasteiger partial charge in [0.2, 0.25) is 0 Å². The standard InChI is InChI=1S/C27H25N7/c1-31-16-27(17-31)6-8-32(18-27)25-11-22-15-33-14-21(20-4-2-19(12-28)3-5-20)10-23(33)26-29-7-9-34(26)24(22)13-30-25/h2-5,7,9-11,13-14H,6,8,15-18H2,1H3. The Hall–Kier alpha value is -3.89. The lowest BCUT2D eigenvalue weighted by molar-refractivity contribution is 0.0424. The lowest BCUT2D eigenvalue weighted by atomic mass is 9.79. The number of nitriles is 1. The van der Waals surface area contributed by atoms with Crippen molar-refractivity contribution in [3.8, 4) is 34.4 Å². The number of pyridine rings is 1. The summed E-state index contributed by atoms with van der Waals surface area (Å²) in [5, 5.41) is 9.12. The molecule has 3 aliphatic rings. The van der Waals surface area contributed by atoms with Gasteiger partial charge in [0.1, 0.15) is 5.82 Å². The molecule has 3 aliphatic heterocycles. The molecule has 2 saturated heterocycles. The Labute approximate surface area is 198 Å². The fourth-order valence-corrected chi connectivity index (χ4v) is 6.08. The Balaban J connectivity index is 1.26. The molecule has 7 heteroatoms. The minimum Gasteiger partial charge on any atom is -0.356 e. The minimum atomic E-state index is 0.449. The second kappa shape index (κ2) is 7.05. The number of imidazole rings is 1. The third-order valence-corrected chi connectivity index (χ3v) is 7.64. The highest BCUT2D eigenvalue weighted by Gasteiger charge is 2.46. The summed E-state index contributed by atoms with van der Waals surface area (Å²) in [5.74, 6) is 2.00. The van der Waals surface area contributed by atoms with Crippen molar-refractivity contribution in [3.63, 3.8) is 0 Å². The van der Waals surface area contributed by atoms with Crippen LogP contribution in [0.4, 0.5) is 5.82 Å². The molecule has 7 nitrogen and oxygen atoms in total. The summed E-state index contributed by atoms with van der Waals surface area (Å²) in [6, 6.07) is 14.4. The smallest absolute Gasteiger partial charge is 0.161 e. The summed E-state index contributed by atoms with van der Waals surface area (Å²) in [6.07, 6.45) is 9.34.